The number of pyridine rings is 2. The third-order valence-corrected chi connectivity index (χ3v) is 9.89. The van der Waals surface area contributed by atoms with Crippen molar-refractivity contribution in [3.8, 4) is 5.75 Å². The van der Waals surface area contributed by atoms with Gasteiger partial charge in [0.2, 0.25) is 0 Å². The Hall–Kier alpha value is -5.08. The largest absolute Gasteiger partial charge is 0.484 e. The fourth-order valence-corrected chi connectivity index (χ4v) is 6.84. The van der Waals surface area contributed by atoms with E-state index < -0.39 is 11.9 Å². The van der Waals surface area contributed by atoms with E-state index in [-0.39, 0.29) is 41.9 Å². The minimum atomic E-state index is -0.435. The SMILES string of the molecule is CN1CCN(C(C)(C)c2nnc3ccc(O[C@@H]4CC[C@H](NC(=O)Nc5cc(C(=O)NCCOC=O)nc(C(C)(C)C)c5)c5ccccc54)cn23)CC1. The number of carbonyl (C=O) groups is 3. The molecule has 0 radical (unpaired) electrons. The molecule has 3 N–H and O–H groups in total. The summed E-state index contributed by atoms with van der Waals surface area (Å²) in [6, 6.07) is 14.6. The molecule has 52 heavy (non-hydrogen) atoms. The number of likely N-dealkylation sites (N-methyl/N-ethyl adjacent to an activating group) is 1. The summed E-state index contributed by atoms with van der Waals surface area (Å²) < 4.78 is 13.4. The number of anilines is 1. The predicted molar refractivity (Wildman–Crippen MR) is 196 cm³/mol. The van der Waals surface area contributed by atoms with Crippen molar-refractivity contribution in [1.29, 1.82) is 0 Å². The maximum Gasteiger partial charge on any atom is 0.319 e. The van der Waals surface area contributed by atoms with E-state index in [0.717, 1.165) is 54.5 Å². The highest BCUT2D eigenvalue weighted by Gasteiger charge is 2.35. The molecule has 1 aliphatic carbocycles. The Bertz CT molecular complexity index is 1910. The van der Waals surface area contributed by atoms with Crippen molar-refractivity contribution in [3.63, 3.8) is 0 Å². The number of nitrogens with zero attached hydrogens (tertiary/aromatic N) is 6. The number of carbonyl (C=O) groups excluding carboxylic acids is 3. The maximum absolute atomic E-state index is 13.4. The van der Waals surface area contributed by atoms with Crippen molar-refractivity contribution >= 4 is 29.7 Å². The van der Waals surface area contributed by atoms with E-state index in [1.165, 1.54) is 6.07 Å². The van der Waals surface area contributed by atoms with E-state index >= 15 is 0 Å². The van der Waals surface area contributed by atoms with Crippen molar-refractivity contribution in [3.05, 3.63) is 83.1 Å². The van der Waals surface area contributed by atoms with Gasteiger partial charge in [0, 0.05) is 43.0 Å². The van der Waals surface area contributed by atoms with Crippen LogP contribution in [0.1, 0.15) is 92.7 Å². The summed E-state index contributed by atoms with van der Waals surface area (Å²) in [6.07, 6.45) is 3.11. The lowest BCUT2D eigenvalue weighted by molar-refractivity contribution is -0.128. The summed E-state index contributed by atoms with van der Waals surface area (Å²) in [5.74, 6) is 1.16. The monoisotopic (exact) mass is 711 g/mol. The van der Waals surface area contributed by atoms with Crippen LogP contribution in [0.2, 0.25) is 0 Å². The number of amides is 3. The number of piperazine rings is 1. The first-order valence-electron chi connectivity index (χ1n) is 17.8. The lowest BCUT2D eigenvalue weighted by atomic mass is 9.85. The standard InChI is InChI=1S/C38H49N9O5/c1-37(2,3)32-22-25(21-30(41-32)34(49)39-15-20-51-24-48)40-36(50)42-29-12-13-31(28-10-8-7-9-27(28)29)52-26-11-14-33-43-44-35(47(33)23-26)38(4,5)46-18-16-45(6)17-19-46/h7-11,14,21-24,29,31H,12-13,15-20H2,1-6H3,(H,39,49)(H2,40,41,42,50)/t29-,31+/m0/s1. The number of fused-ring (bicyclic) bond motifs is 2. The average Bonchev–Trinajstić information content (AvgIpc) is 3.55. The number of aromatic nitrogens is 4. The van der Waals surface area contributed by atoms with E-state index in [0.29, 0.717) is 30.7 Å². The van der Waals surface area contributed by atoms with E-state index in [1.807, 2.05) is 61.7 Å². The number of nitrogens with one attached hydrogen (secondary N) is 3. The van der Waals surface area contributed by atoms with Crippen LogP contribution in [-0.4, -0.2) is 94.2 Å². The number of hydrogen-bond donors (Lipinski definition) is 3. The van der Waals surface area contributed by atoms with Gasteiger partial charge in [-0.2, -0.15) is 0 Å². The molecule has 1 saturated heterocycles. The molecule has 3 aromatic heterocycles. The van der Waals surface area contributed by atoms with Gasteiger partial charge < -0.3 is 30.3 Å². The third-order valence-electron chi connectivity index (χ3n) is 9.89. The minimum Gasteiger partial charge on any atom is -0.484 e. The highest BCUT2D eigenvalue weighted by Crippen LogP contribution is 2.39. The zero-order chi connectivity index (χ0) is 37.0. The number of urea groups is 1. The van der Waals surface area contributed by atoms with Gasteiger partial charge in [-0.15, -0.1) is 10.2 Å². The predicted octanol–water partition coefficient (Wildman–Crippen LogP) is 4.58. The molecule has 14 nitrogen and oxygen atoms in total. The normalized spacial score (nSPS) is 18.3. The lowest BCUT2D eigenvalue weighted by Crippen LogP contribution is -2.52. The molecular weight excluding hydrogens is 662 g/mol. The third kappa shape index (κ3) is 8.18. The van der Waals surface area contributed by atoms with Crippen LogP contribution in [-0.2, 0) is 20.5 Å². The number of hydrogen-bond acceptors (Lipinski definition) is 10. The molecule has 1 aromatic carbocycles. The number of benzene rings is 1. The van der Waals surface area contributed by atoms with Crippen LogP contribution in [0, 0.1) is 0 Å². The Labute approximate surface area is 304 Å². The van der Waals surface area contributed by atoms with Gasteiger partial charge in [-0.25, -0.2) is 9.78 Å². The summed E-state index contributed by atoms with van der Waals surface area (Å²) in [7, 11) is 2.15. The van der Waals surface area contributed by atoms with E-state index in [1.54, 1.807) is 6.07 Å². The molecule has 0 unspecified atom stereocenters. The van der Waals surface area contributed by atoms with Crippen LogP contribution in [0.3, 0.4) is 0 Å². The second-order valence-electron chi connectivity index (χ2n) is 15.0. The van der Waals surface area contributed by atoms with Crippen LogP contribution in [0.25, 0.3) is 5.65 Å². The Morgan fingerprint density at radius 2 is 1.71 bits per heavy atom. The van der Waals surface area contributed by atoms with Crippen LogP contribution in [0.5, 0.6) is 5.75 Å². The Kier molecular flexibility index (Phi) is 10.8. The molecule has 4 heterocycles. The second-order valence-corrected chi connectivity index (χ2v) is 15.0. The van der Waals surface area contributed by atoms with Crippen molar-refractivity contribution in [2.75, 3.05) is 51.7 Å². The number of ether oxygens (including phenoxy) is 2. The summed E-state index contributed by atoms with van der Waals surface area (Å²) in [4.78, 5) is 46.1. The molecular formula is C38H49N9O5. The lowest BCUT2D eigenvalue weighted by Gasteiger charge is -2.42. The van der Waals surface area contributed by atoms with Gasteiger partial charge in [-0.1, -0.05) is 45.0 Å². The molecule has 0 spiro atoms. The van der Waals surface area contributed by atoms with Gasteiger partial charge in [0.1, 0.15) is 24.2 Å². The zero-order valence-electron chi connectivity index (χ0n) is 30.8. The fourth-order valence-electron chi connectivity index (χ4n) is 6.84. The Balaban J connectivity index is 1.16. The molecule has 2 atom stereocenters. The van der Waals surface area contributed by atoms with Crippen molar-refractivity contribution in [2.45, 2.75) is 70.6 Å². The molecule has 276 valence electrons. The molecule has 3 amide bonds. The first kappa shape index (κ1) is 36.7. The zero-order valence-corrected chi connectivity index (χ0v) is 30.8. The highest BCUT2D eigenvalue weighted by molar-refractivity contribution is 5.95. The van der Waals surface area contributed by atoms with Gasteiger partial charge in [-0.3, -0.25) is 18.9 Å². The molecule has 2 aliphatic rings. The molecule has 4 aromatic rings. The van der Waals surface area contributed by atoms with Crippen molar-refractivity contribution in [2.24, 2.45) is 0 Å². The van der Waals surface area contributed by atoms with E-state index in [4.69, 9.17) is 4.74 Å². The molecule has 0 saturated carbocycles. The molecule has 0 bridgehead atoms. The van der Waals surface area contributed by atoms with E-state index in [2.05, 4.69) is 72.6 Å². The van der Waals surface area contributed by atoms with Gasteiger partial charge in [0.15, 0.2) is 11.5 Å². The van der Waals surface area contributed by atoms with Crippen LogP contribution in [0.15, 0.2) is 54.7 Å². The topological polar surface area (TPSA) is 155 Å². The van der Waals surface area contributed by atoms with Crippen molar-refractivity contribution in [1.82, 2.24) is 40.0 Å². The summed E-state index contributed by atoms with van der Waals surface area (Å²) >= 11 is 0. The quantitative estimate of drug-likeness (QED) is 0.149. The highest BCUT2D eigenvalue weighted by atomic mass is 16.5. The molecule has 1 aliphatic heterocycles. The number of rotatable bonds is 11. The van der Waals surface area contributed by atoms with Gasteiger partial charge in [0.05, 0.1) is 24.3 Å². The molecule has 6 rings (SSSR count). The van der Waals surface area contributed by atoms with Gasteiger partial charge in [0.25, 0.3) is 12.4 Å². The van der Waals surface area contributed by atoms with Gasteiger partial charge >= 0.3 is 6.03 Å². The van der Waals surface area contributed by atoms with Crippen LogP contribution in [0.4, 0.5) is 10.5 Å². The van der Waals surface area contributed by atoms with Crippen molar-refractivity contribution < 1.29 is 23.9 Å². The average molecular weight is 712 g/mol. The Morgan fingerprint density at radius 1 is 0.962 bits per heavy atom. The minimum absolute atomic E-state index is 0.0459. The first-order valence-corrected chi connectivity index (χ1v) is 17.8. The van der Waals surface area contributed by atoms with Crippen LogP contribution < -0.4 is 20.7 Å². The molecule has 1 fully saturated rings. The summed E-state index contributed by atoms with van der Waals surface area (Å²) in [5.41, 5.74) is 3.29. The van der Waals surface area contributed by atoms with Crippen LogP contribution >= 0.6 is 0 Å². The second kappa shape index (κ2) is 15.3. The fraction of sp³-hybridized carbons (Fsp3) is 0.474. The summed E-state index contributed by atoms with van der Waals surface area (Å²) in [6.45, 7) is 14.8. The first-order chi connectivity index (χ1) is 24.8. The smallest absolute Gasteiger partial charge is 0.319 e. The maximum atomic E-state index is 13.4. The summed E-state index contributed by atoms with van der Waals surface area (Å²) in [5, 5.41) is 17.8. The Morgan fingerprint density at radius 3 is 2.44 bits per heavy atom. The molecule has 14 heteroatoms. The van der Waals surface area contributed by atoms with E-state index in [9.17, 15) is 14.4 Å². The van der Waals surface area contributed by atoms with Gasteiger partial charge in [-0.05, 0) is 69.1 Å².